The number of nitrogens with zero attached hydrogens (tertiary/aromatic N) is 1. The quantitative estimate of drug-likeness (QED) is 0.912. The molecular formula is C17H25FN2. The lowest BCUT2D eigenvalue weighted by Crippen LogP contribution is -2.40. The minimum Gasteiger partial charge on any atom is -0.314 e. The highest BCUT2D eigenvalue weighted by Gasteiger charge is 2.28. The van der Waals surface area contributed by atoms with E-state index in [2.05, 4.69) is 10.2 Å². The Hall–Kier alpha value is -0.930. The molecule has 2 aliphatic heterocycles. The van der Waals surface area contributed by atoms with Crippen LogP contribution in [0.25, 0.3) is 0 Å². The van der Waals surface area contributed by atoms with Crippen LogP contribution in [-0.2, 0) is 6.54 Å². The maximum absolute atomic E-state index is 13.1. The summed E-state index contributed by atoms with van der Waals surface area (Å²) < 4.78 is 13.1. The first-order chi connectivity index (χ1) is 9.72. The zero-order chi connectivity index (χ0) is 13.9. The number of rotatable bonds is 3. The molecule has 0 spiro atoms. The maximum Gasteiger partial charge on any atom is 0.123 e. The Morgan fingerprint density at radius 3 is 2.70 bits per heavy atom. The van der Waals surface area contributed by atoms with Gasteiger partial charge in [0.2, 0.25) is 0 Å². The molecule has 2 heterocycles. The van der Waals surface area contributed by atoms with Gasteiger partial charge in [-0.15, -0.1) is 0 Å². The van der Waals surface area contributed by atoms with Crippen molar-refractivity contribution in [2.24, 2.45) is 5.92 Å². The lowest BCUT2D eigenvalue weighted by molar-refractivity contribution is 0.157. The van der Waals surface area contributed by atoms with Crippen LogP contribution in [-0.4, -0.2) is 30.6 Å². The molecule has 1 unspecified atom stereocenters. The summed E-state index contributed by atoms with van der Waals surface area (Å²) in [5, 5.41) is 3.65. The summed E-state index contributed by atoms with van der Waals surface area (Å²) in [4.78, 5) is 2.52. The molecule has 2 aliphatic rings. The molecule has 0 saturated carbocycles. The van der Waals surface area contributed by atoms with Gasteiger partial charge in [0.25, 0.3) is 0 Å². The van der Waals surface area contributed by atoms with Gasteiger partial charge >= 0.3 is 0 Å². The molecule has 2 fully saturated rings. The van der Waals surface area contributed by atoms with Crippen LogP contribution in [0.2, 0.25) is 0 Å². The molecule has 1 N–H and O–H groups in total. The Labute approximate surface area is 121 Å². The van der Waals surface area contributed by atoms with Gasteiger partial charge in [-0.2, -0.15) is 0 Å². The summed E-state index contributed by atoms with van der Waals surface area (Å²) in [6, 6.07) is 5.93. The largest absolute Gasteiger partial charge is 0.314 e. The number of halogens is 1. The fourth-order valence-electron chi connectivity index (χ4n) is 3.70. The minimum atomic E-state index is -0.128. The molecule has 0 radical (unpaired) electrons. The topological polar surface area (TPSA) is 15.3 Å². The molecule has 0 amide bonds. The van der Waals surface area contributed by atoms with Gasteiger partial charge in [0.1, 0.15) is 5.82 Å². The molecule has 20 heavy (non-hydrogen) atoms. The van der Waals surface area contributed by atoms with Gasteiger partial charge in [-0.3, -0.25) is 4.90 Å². The molecule has 0 aromatic heterocycles. The van der Waals surface area contributed by atoms with Crippen molar-refractivity contribution in [1.29, 1.82) is 0 Å². The fourth-order valence-corrected chi connectivity index (χ4v) is 3.70. The summed E-state index contributed by atoms with van der Waals surface area (Å²) in [6.07, 6.45) is 5.32. The average molecular weight is 276 g/mol. The SMILES string of the molecule is Cc1cc(F)ccc1CN1CCC(C2CCCN2)CC1. The predicted molar refractivity (Wildman–Crippen MR) is 80.2 cm³/mol. The van der Waals surface area contributed by atoms with Crippen LogP contribution in [0.1, 0.15) is 36.8 Å². The van der Waals surface area contributed by atoms with Crippen LogP contribution in [0.4, 0.5) is 4.39 Å². The average Bonchev–Trinajstić information content (AvgIpc) is 2.97. The van der Waals surface area contributed by atoms with E-state index in [0.29, 0.717) is 0 Å². The summed E-state index contributed by atoms with van der Waals surface area (Å²) in [7, 11) is 0. The second-order valence-corrected chi connectivity index (χ2v) is 6.39. The molecule has 1 aromatic carbocycles. The van der Waals surface area contributed by atoms with E-state index < -0.39 is 0 Å². The zero-order valence-corrected chi connectivity index (χ0v) is 12.4. The van der Waals surface area contributed by atoms with E-state index in [1.165, 1.54) is 50.9 Å². The van der Waals surface area contributed by atoms with E-state index in [4.69, 9.17) is 0 Å². The number of benzene rings is 1. The van der Waals surface area contributed by atoms with Crippen molar-refractivity contribution in [2.45, 2.75) is 45.2 Å². The normalized spacial score (nSPS) is 25.2. The van der Waals surface area contributed by atoms with Gasteiger partial charge < -0.3 is 5.32 Å². The van der Waals surface area contributed by atoms with E-state index in [9.17, 15) is 4.39 Å². The van der Waals surface area contributed by atoms with E-state index in [0.717, 1.165) is 24.1 Å². The molecule has 110 valence electrons. The molecule has 2 saturated heterocycles. The van der Waals surface area contributed by atoms with Gasteiger partial charge in [0.05, 0.1) is 0 Å². The number of hydrogen-bond acceptors (Lipinski definition) is 2. The molecule has 1 atom stereocenters. The highest BCUT2D eigenvalue weighted by atomic mass is 19.1. The van der Waals surface area contributed by atoms with Crippen LogP contribution in [0, 0.1) is 18.7 Å². The summed E-state index contributed by atoms with van der Waals surface area (Å²) in [5.74, 6) is 0.736. The second-order valence-electron chi connectivity index (χ2n) is 6.39. The van der Waals surface area contributed by atoms with Gasteiger partial charge in [0.15, 0.2) is 0 Å². The summed E-state index contributed by atoms with van der Waals surface area (Å²) in [5.41, 5.74) is 2.34. The van der Waals surface area contributed by atoms with E-state index in [1.54, 1.807) is 12.1 Å². The Balaban J connectivity index is 1.53. The monoisotopic (exact) mass is 276 g/mol. The van der Waals surface area contributed by atoms with Crippen LogP contribution in [0.5, 0.6) is 0 Å². The Morgan fingerprint density at radius 1 is 1.25 bits per heavy atom. The van der Waals surface area contributed by atoms with Crippen molar-refractivity contribution in [3.05, 3.63) is 35.1 Å². The maximum atomic E-state index is 13.1. The molecule has 0 aliphatic carbocycles. The molecule has 1 aromatic rings. The van der Waals surface area contributed by atoms with Gasteiger partial charge in [-0.1, -0.05) is 6.07 Å². The van der Waals surface area contributed by atoms with E-state index in [1.807, 2.05) is 13.0 Å². The highest BCUT2D eigenvalue weighted by Crippen LogP contribution is 2.26. The second kappa shape index (κ2) is 6.23. The van der Waals surface area contributed by atoms with Crippen LogP contribution >= 0.6 is 0 Å². The Bertz CT molecular complexity index is 446. The van der Waals surface area contributed by atoms with Crippen molar-refractivity contribution in [1.82, 2.24) is 10.2 Å². The molecule has 2 nitrogen and oxygen atoms in total. The first kappa shape index (κ1) is 14.0. The van der Waals surface area contributed by atoms with Crippen molar-refractivity contribution in [3.63, 3.8) is 0 Å². The van der Waals surface area contributed by atoms with Gasteiger partial charge in [-0.25, -0.2) is 4.39 Å². The smallest absolute Gasteiger partial charge is 0.123 e. The fraction of sp³-hybridized carbons (Fsp3) is 0.647. The number of aryl methyl sites for hydroxylation is 1. The van der Waals surface area contributed by atoms with E-state index in [-0.39, 0.29) is 5.82 Å². The predicted octanol–water partition coefficient (Wildman–Crippen LogP) is 3.10. The molecule has 3 heteroatoms. The number of hydrogen-bond donors (Lipinski definition) is 1. The summed E-state index contributed by atoms with van der Waals surface area (Å²) in [6.45, 7) is 6.55. The number of piperidine rings is 1. The number of nitrogens with one attached hydrogen (secondary N) is 1. The van der Waals surface area contributed by atoms with Crippen molar-refractivity contribution < 1.29 is 4.39 Å². The first-order valence-electron chi connectivity index (χ1n) is 7.93. The van der Waals surface area contributed by atoms with Crippen LogP contribution in [0.15, 0.2) is 18.2 Å². The molecule has 3 rings (SSSR count). The minimum absolute atomic E-state index is 0.128. The Morgan fingerprint density at radius 2 is 2.05 bits per heavy atom. The third-order valence-corrected chi connectivity index (χ3v) is 5.00. The number of likely N-dealkylation sites (tertiary alicyclic amines) is 1. The lowest BCUT2D eigenvalue weighted by Gasteiger charge is -2.35. The Kier molecular flexibility index (Phi) is 4.37. The van der Waals surface area contributed by atoms with Crippen molar-refractivity contribution in [2.75, 3.05) is 19.6 Å². The third-order valence-electron chi connectivity index (χ3n) is 5.00. The van der Waals surface area contributed by atoms with Gasteiger partial charge in [-0.05, 0) is 81.4 Å². The van der Waals surface area contributed by atoms with Crippen LogP contribution in [0.3, 0.4) is 0 Å². The van der Waals surface area contributed by atoms with Crippen LogP contribution < -0.4 is 5.32 Å². The van der Waals surface area contributed by atoms with Crippen molar-refractivity contribution >= 4 is 0 Å². The standard InChI is InChI=1S/C17H25FN2/c1-13-11-16(18)5-4-15(13)12-20-9-6-14(7-10-20)17-3-2-8-19-17/h4-5,11,14,17,19H,2-3,6-10,12H2,1H3. The van der Waals surface area contributed by atoms with E-state index >= 15 is 0 Å². The van der Waals surface area contributed by atoms with Gasteiger partial charge in [0, 0.05) is 12.6 Å². The van der Waals surface area contributed by atoms with Crippen molar-refractivity contribution in [3.8, 4) is 0 Å². The lowest BCUT2D eigenvalue weighted by atomic mass is 9.88. The molecular weight excluding hydrogens is 251 g/mol. The third kappa shape index (κ3) is 3.21. The molecule has 0 bridgehead atoms. The zero-order valence-electron chi connectivity index (χ0n) is 12.4. The summed E-state index contributed by atoms with van der Waals surface area (Å²) >= 11 is 0. The first-order valence-corrected chi connectivity index (χ1v) is 7.93. The highest BCUT2D eigenvalue weighted by molar-refractivity contribution is 5.26.